The minimum Gasteiger partial charge on any atom is -0.507 e. The maximum Gasteiger partial charge on any atom is 0.150 e. The summed E-state index contributed by atoms with van der Waals surface area (Å²) in [6, 6.07) is 16.9. The molecule has 3 aromatic carbocycles. The highest BCUT2D eigenvalue weighted by atomic mass is 35.5. The van der Waals surface area contributed by atoms with E-state index in [1.807, 2.05) is 48.5 Å². The monoisotopic (exact) mass is 590 g/mol. The van der Waals surface area contributed by atoms with Crippen LogP contribution in [0.1, 0.15) is 31.2 Å². The Balaban J connectivity index is 1.16. The van der Waals surface area contributed by atoms with E-state index in [9.17, 15) is 5.11 Å². The van der Waals surface area contributed by atoms with Crippen molar-refractivity contribution in [3.8, 4) is 34.4 Å². The zero-order chi connectivity index (χ0) is 28.7. The van der Waals surface area contributed by atoms with E-state index in [4.69, 9.17) is 30.8 Å². The van der Waals surface area contributed by atoms with E-state index in [0.29, 0.717) is 47.7 Å². The summed E-state index contributed by atoms with van der Waals surface area (Å²) in [7, 11) is 0. The second kappa shape index (κ2) is 13.7. The molecule has 9 heteroatoms. The molecule has 0 unspecified atom stereocenters. The predicted molar refractivity (Wildman–Crippen MR) is 166 cm³/mol. The minimum atomic E-state index is 0.0941. The third-order valence-electron chi connectivity index (χ3n) is 8.06. The molecule has 0 radical (unpaired) electrons. The lowest BCUT2D eigenvalue weighted by Crippen LogP contribution is -2.25. The van der Waals surface area contributed by atoms with E-state index >= 15 is 0 Å². The Morgan fingerprint density at radius 2 is 1.43 bits per heavy atom. The SMILES string of the molecule is Oc1cc(OCCc2ccc(Cl)cc2)ccc1-c1nc2c(OCCN3CCCC3)cc(OCCN3CCCC3)cc2[nH]1. The normalized spacial score (nSPS) is 15.9. The lowest BCUT2D eigenvalue weighted by atomic mass is 10.1. The van der Waals surface area contributed by atoms with Gasteiger partial charge in [0.05, 0.1) is 17.7 Å². The number of H-pyrrole nitrogens is 1. The first-order valence-electron chi connectivity index (χ1n) is 15.1. The van der Waals surface area contributed by atoms with E-state index in [0.717, 1.165) is 68.0 Å². The lowest BCUT2D eigenvalue weighted by molar-refractivity contribution is 0.231. The van der Waals surface area contributed by atoms with Crippen LogP contribution >= 0.6 is 11.6 Å². The molecule has 2 saturated heterocycles. The number of nitrogens with zero attached hydrogens (tertiary/aromatic N) is 3. The molecule has 222 valence electrons. The number of nitrogens with one attached hydrogen (secondary N) is 1. The molecule has 0 bridgehead atoms. The molecule has 8 nitrogen and oxygen atoms in total. The van der Waals surface area contributed by atoms with Crippen LogP contribution in [0.4, 0.5) is 0 Å². The number of fused-ring (bicyclic) bond motifs is 1. The molecule has 2 N–H and O–H groups in total. The van der Waals surface area contributed by atoms with Crippen molar-refractivity contribution in [3.05, 3.63) is 65.2 Å². The number of likely N-dealkylation sites (tertiary alicyclic amines) is 2. The van der Waals surface area contributed by atoms with Crippen LogP contribution < -0.4 is 14.2 Å². The smallest absolute Gasteiger partial charge is 0.150 e. The Labute approximate surface area is 252 Å². The molecular weight excluding hydrogens is 552 g/mol. The van der Waals surface area contributed by atoms with Crippen LogP contribution in [0, 0.1) is 0 Å². The summed E-state index contributed by atoms with van der Waals surface area (Å²) in [6.45, 7) is 8.06. The molecule has 0 aliphatic carbocycles. The zero-order valence-electron chi connectivity index (χ0n) is 24.0. The van der Waals surface area contributed by atoms with Crippen molar-refractivity contribution in [1.82, 2.24) is 19.8 Å². The van der Waals surface area contributed by atoms with Crippen molar-refractivity contribution in [3.63, 3.8) is 0 Å². The van der Waals surface area contributed by atoms with Crippen LogP contribution in [0.2, 0.25) is 5.02 Å². The van der Waals surface area contributed by atoms with Crippen LogP contribution in [0.3, 0.4) is 0 Å². The number of aromatic nitrogens is 2. The highest BCUT2D eigenvalue weighted by Gasteiger charge is 2.18. The fourth-order valence-corrected chi connectivity index (χ4v) is 5.84. The second-order valence-corrected chi connectivity index (χ2v) is 11.5. The summed E-state index contributed by atoms with van der Waals surface area (Å²) in [4.78, 5) is 13.1. The number of phenols is 1. The van der Waals surface area contributed by atoms with Gasteiger partial charge in [-0.15, -0.1) is 0 Å². The summed E-state index contributed by atoms with van der Waals surface area (Å²) in [6.07, 6.45) is 5.78. The number of rotatable bonds is 13. The number of benzene rings is 3. The number of hydrogen-bond donors (Lipinski definition) is 2. The average molecular weight is 591 g/mol. The summed E-state index contributed by atoms with van der Waals surface area (Å²) in [5.74, 6) is 2.69. The van der Waals surface area contributed by atoms with Gasteiger partial charge >= 0.3 is 0 Å². The Bertz CT molecular complexity index is 1460. The van der Waals surface area contributed by atoms with E-state index in [-0.39, 0.29) is 5.75 Å². The number of ether oxygens (including phenoxy) is 3. The Kier molecular flexibility index (Phi) is 9.33. The van der Waals surface area contributed by atoms with Gasteiger partial charge in [0.25, 0.3) is 0 Å². The van der Waals surface area contributed by atoms with Crippen LogP contribution in [0.15, 0.2) is 54.6 Å². The topological polar surface area (TPSA) is 83.1 Å². The Morgan fingerprint density at radius 1 is 0.762 bits per heavy atom. The number of imidazole rings is 1. The highest BCUT2D eigenvalue weighted by Crippen LogP contribution is 2.36. The predicted octanol–water partition coefficient (Wildman–Crippen LogP) is 6.16. The van der Waals surface area contributed by atoms with E-state index in [2.05, 4.69) is 14.8 Å². The quantitative estimate of drug-likeness (QED) is 0.193. The number of aromatic amines is 1. The van der Waals surface area contributed by atoms with E-state index < -0.39 is 0 Å². The molecule has 4 aromatic rings. The molecule has 2 aliphatic rings. The highest BCUT2D eigenvalue weighted by molar-refractivity contribution is 6.30. The molecule has 2 aliphatic heterocycles. The lowest BCUT2D eigenvalue weighted by Gasteiger charge is -2.17. The maximum atomic E-state index is 10.9. The van der Waals surface area contributed by atoms with Crippen molar-refractivity contribution >= 4 is 22.6 Å². The number of hydrogen-bond acceptors (Lipinski definition) is 7. The molecule has 1 aromatic heterocycles. The van der Waals surface area contributed by atoms with Gasteiger partial charge in [-0.2, -0.15) is 0 Å². The van der Waals surface area contributed by atoms with Gasteiger partial charge < -0.3 is 24.3 Å². The first-order valence-corrected chi connectivity index (χ1v) is 15.4. The fraction of sp³-hybridized carbons (Fsp3) is 0.424. The summed E-state index contributed by atoms with van der Waals surface area (Å²) in [5.41, 5.74) is 3.26. The zero-order valence-corrected chi connectivity index (χ0v) is 24.7. The molecular formula is C33H39ClN4O4. The van der Waals surface area contributed by atoms with Gasteiger partial charge in [-0.05, 0) is 81.7 Å². The van der Waals surface area contributed by atoms with E-state index in [1.165, 1.54) is 25.7 Å². The number of halogens is 1. The fourth-order valence-electron chi connectivity index (χ4n) is 5.71. The largest absolute Gasteiger partial charge is 0.507 e. The summed E-state index contributed by atoms with van der Waals surface area (Å²) in [5, 5.41) is 11.6. The standard InChI is InChI=1S/C33H39ClN4O4/c34-25-7-5-24(6-8-25)11-18-40-26-9-10-28(30(39)22-26)33-35-29-21-27(41-19-16-37-12-1-2-13-37)23-31(32(29)36-33)42-20-17-38-14-3-4-15-38/h5-10,21-23,39H,1-4,11-20H2,(H,35,36). The molecule has 0 saturated carbocycles. The molecule has 6 rings (SSSR count). The number of aromatic hydroxyl groups is 1. The van der Waals surface area contributed by atoms with Crippen molar-refractivity contribution in [1.29, 1.82) is 0 Å². The molecule has 0 spiro atoms. The third kappa shape index (κ3) is 7.30. The average Bonchev–Trinajstić information content (AvgIpc) is 3.77. The van der Waals surface area contributed by atoms with Crippen LogP contribution in [0.5, 0.6) is 23.0 Å². The van der Waals surface area contributed by atoms with Gasteiger partial charge in [0.2, 0.25) is 0 Å². The van der Waals surface area contributed by atoms with Crippen LogP contribution in [-0.4, -0.2) is 84.0 Å². The molecule has 42 heavy (non-hydrogen) atoms. The van der Waals surface area contributed by atoms with Gasteiger partial charge in [-0.25, -0.2) is 4.98 Å². The molecule has 0 amide bonds. The van der Waals surface area contributed by atoms with Crippen LogP contribution in [0.25, 0.3) is 22.4 Å². The van der Waals surface area contributed by atoms with Crippen molar-refractivity contribution in [2.45, 2.75) is 32.1 Å². The van der Waals surface area contributed by atoms with Gasteiger partial charge in [0, 0.05) is 42.7 Å². The van der Waals surface area contributed by atoms with Crippen molar-refractivity contribution in [2.75, 3.05) is 59.1 Å². The third-order valence-corrected chi connectivity index (χ3v) is 8.31. The van der Waals surface area contributed by atoms with Crippen molar-refractivity contribution in [2.24, 2.45) is 0 Å². The molecule has 0 atom stereocenters. The first-order chi connectivity index (χ1) is 20.6. The van der Waals surface area contributed by atoms with Gasteiger partial charge in [0.1, 0.15) is 41.8 Å². The van der Waals surface area contributed by atoms with E-state index in [1.54, 1.807) is 6.07 Å². The van der Waals surface area contributed by atoms with Crippen molar-refractivity contribution < 1.29 is 19.3 Å². The van der Waals surface area contributed by atoms with Crippen LogP contribution in [-0.2, 0) is 6.42 Å². The summed E-state index contributed by atoms with van der Waals surface area (Å²) >= 11 is 5.97. The molecule has 3 heterocycles. The van der Waals surface area contributed by atoms with Gasteiger partial charge in [-0.3, -0.25) is 9.80 Å². The van der Waals surface area contributed by atoms with Gasteiger partial charge in [0.15, 0.2) is 5.75 Å². The minimum absolute atomic E-state index is 0.0941. The van der Waals surface area contributed by atoms with Gasteiger partial charge in [-0.1, -0.05) is 23.7 Å². The maximum absolute atomic E-state index is 10.9. The number of phenolic OH excluding ortho intramolecular Hbond substituents is 1. The first kappa shape index (κ1) is 28.6. The Hall–Kier alpha value is -3.46. The summed E-state index contributed by atoms with van der Waals surface area (Å²) < 4.78 is 18.4. The Morgan fingerprint density at radius 3 is 2.12 bits per heavy atom. The second-order valence-electron chi connectivity index (χ2n) is 11.1. The molecule has 2 fully saturated rings.